The summed E-state index contributed by atoms with van der Waals surface area (Å²) >= 11 is 0. The molecule has 6 heteroatoms. The fourth-order valence-electron chi connectivity index (χ4n) is 0.348. The molecule has 0 amide bonds. The topological polar surface area (TPSA) is 76.0 Å². The van der Waals surface area contributed by atoms with Crippen molar-refractivity contribution in [1.82, 2.24) is 0 Å². The molecule has 0 aromatic carbocycles. The molecule has 0 heterocycles. The minimum Gasteiger partial charge on any atom is -0.369 e. The Morgan fingerprint density at radius 3 is 2.60 bits per heavy atom. The van der Waals surface area contributed by atoms with E-state index in [2.05, 4.69) is 9.41 Å². The third-order valence-corrected chi connectivity index (χ3v) is 1.49. The van der Waals surface area contributed by atoms with Crippen LogP contribution in [-0.2, 0) is 14.0 Å². The van der Waals surface area contributed by atoms with Crippen LogP contribution in [0.15, 0.2) is 0 Å². The van der Waals surface area contributed by atoms with Gasteiger partial charge in [-0.25, -0.2) is 5.26 Å². The van der Waals surface area contributed by atoms with Crippen LogP contribution in [-0.4, -0.2) is 23.1 Å². The maximum absolute atomic E-state index is 10.4. The molecule has 62 valence electrons. The van der Waals surface area contributed by atoms with E-state index in [-0.39, 0.29) is 0 Å². The second kappa shape index (κ2) is 4.82. The second-order valence-corrected chi connectivity index (χ2v) is 3.45. The highest BCUT2D eigenvalue weighted by molar-refractivity contribution is 7.52. The fourth-order valence-corrected chi connectivity index (χ4v) is 0.755. The van der Waals surface area contributed by atoms with E-state index in [0.717, 1.165) is 6.42 Å². The Kier molecular flexibility index (Phi) is 4.85. The van der Waals surface area contributed by atoms with Crippen molar-refractivity contribution in [2.75, 3.05) is 13.0 Å². The first-order valence-electron chi connectivity index (χ1n) is 2.85. The zero-order valence-electron chi connectivity index (χ0n) is 5.69. The summed E-state index contributed by atoms with van der Waals surface area (Å²) in [6.07, 6.45) is 0.294. The van der Waals surface area contributed by atoms with Gasteiger partial charge in [-0.05, 0) is 6.42 Å². The van der Waals surface area contributed by atoms with Crippen molar-refractivity contribution >= 4 is 7.60 Å². The van der Waals surface area contributed by atoms with E-state index in [9.17, 15) is 4.57 Å². The summed E-state index contributed by atoms with van der Waals surface area (Å²) in [6.45, 7) is 2.25. The van der Waals surface area contributed by atoms with E-state index < -0.39 is 13.9 Å². The average molecular weight is 170 g/mol. The van der Waals surface area contributed by atoms with E-state index in [0.29, 0.717) is 6.61 Å². The largest absolute Gasteiger partial charge is 0.380 e. The highest BCUT2D eigenvalue weighted by Gasteiger charge is 2.18. The molecule has 0 aromatic heterocycles. The standard InChI is InChI=1S/C4H11O5P/c1-2-3-8-4-10(6,7)9-5/h5H,2-4H2,1H3,(H,6,7). The monoisotopic (exact) mass is 170 g/mol. The lowest BCUT2D eigenvalue weighted by Gasteiger charge is -2.05. The van der Waals surface area contributed by atoms with Crippen molar-refractivity contribution in [1.29, 1.82) is 0 Å². The molecule has 0 fully saturated rings. The Labute approximate surface area is 59.0 Å². The summed E-state index contributed by atoms with van der Waals surface area (Å²) in [5.41, 5.74) is 0. The summed E-state index contributed by atoms with van der Waals surface area (Å²) < 4.78 is 18.3. The van der Waals surface area contributed by atoms with Crippen LogP contribution in [0.25, 0.3) is 0 Å². The third kappa shape index (κ3) is 4.90. The summed E-state index contributed by atoms with van der Waals surface area (Å²) in [6, 6.07) is 0. The molecule has 0 bridgehead atoms. The van der Waals surface area contributed by atoms with E-state index in [1.807, 2.05) is 6.92 Å². The Morgan fingerprint density at radius 1 is 1.60 bits per heavy atom. The lowest BCUT2D eigenvalue weighted by Crippen LogP contribution is -1.98. The van der Waals surface area contributed by atoms with E-state index in [1.54, 1.807) is 0 Å². The van der Waals surface area contributed by atoms with Crippen LogP contribution >= 0.6 is 7.60 Å². The molecule has 0 radical (unpaired) electrons. The van der Waals surface area contributed by atoms with E-state index >= 15 is 0 Å². The van der Waals surface area contributed by atoms with Gasteiger partial charge in [-0.1, -0.05) is 6.92 Å². The van der Waals surface area contributed by atoms with Gasteiger partial charge in [-0.15, -0.1) is 0 Å². The van der Waals surface area contributed by atoms with Crippen molar-refractivity contribution < 1.29 is 24.1 Å². The normalized spacial score (nSPS) is 16.7. The Morgan fingerprint density at radius 2 is 2.20 bits per heavy atom. The Balaban J connectivity index is 3.38. The van der Waals surface area contributed by atoms with Gasteiger partial charge in [0, 0.05) is 6.61 Å². The van der Waals surface area contributed by atoms with Crippen molar-refractivity contribution in [2.45, 2.75) is 13.3 Å². The van der Waals surface area contributed by atoms with Crippen LogP contribution in [0.5, 0.6) is 0 Å². The molecule has 1 atom stereocenters. The summed E-state index contributed by atoms with van der Waals surface area (Å²) in [5, 5.41) is 7.80. The molecule has 2 N–H and O–H groups in total. The number of rotatable bonds is 5. The van der Waals surface area contributed by atoms with Crippen LogP contribution in [0.4, 0.5) is 0 Å². The summed E-state index contributed by atoms with van der Waals surface area (Å²) in [7, 11) is -3.87. The maximum atomic E-state index is 10.4. The van der Waals surface area contributed by atoms with E-state index in [4.69, 9.17) is 10.2 Å². The first-order valence-corrected chi connectivity index (χ1v) is 4.61. The highest BCUT2D eigenvalue weighted by atomic mass is 31.2. The minimum absolute atomic E-state index is 0.383. The van der Waals surface area contributed by atoms with Gasteiger partial charge in [0.25, 0.3) is 0 Å². The highest BCUT2D eigenvalue weighted by Crippen LogP contribution is 2.39. The molecule has 0 aliphatic rings. The smallest absolute Gasteiger partial charge is 0.369 e. The van der Waals surface area contributed by atoms with Crippen molar-refractivity contribution in [3.05, 3.63) is 0 Å². The van der Waals surface area contributed by atoms with Crippen molar-refractivity contribution in [3.63, 3.8) is 0 Å². The molecule has 0 rings (SSSR count). The molecule has 0 spiro atoms. The minimum atomic E-state index is -3.87. The van der Waals surface area contributed by atoms with Gasteiger partial charge in [0.15, 0.2) is 6.35 Å². The molecule has 0 aliphatic carbocycles. The molecule has 0 saturated heterocycles. The third-order valence-electron chi connectivity index (χ3n) is 0.730. The Hall–Kier alpha value is 0.0700. The van der Waals surface area contributed by atoms with E-state index in [1.165, 1.54) is 0 Å². The van der Waals surface area contributed by atoms with Crippen LogP contribution in [0.1, 0.15) is 13.3 Å². The number of hydrogen-bond acceptors (Lipinski definition) is 4. The quantitative estimate of drug-likeness (QED) is 0.279. The first kappa shape index (κ1) is 10.1. The van der Waals surface area contributed by atoms with Crippen LogP contribution < -0.4 is 0 Å². The summed E-state index contributed by atoms with van der Waals surface area (Å²) in [4.78, 5) is 8.51. The molecule has 1 unspecified atom stereocenters. The van der Waals surface area contributed by atoms with Gasteiger partial charge in [0.1, 0.15) is 0 Å². The molecular weight excluding hydrogens is 159 g/mol. The molecule has 5 nitrogen and oxygen atoms in total. The fraction of sp³-hybridized carbons (Fsp3) is 1.00. The number of ether oxygens (including phenoxy) is 1. The molecule has 10 heavy (non-hydrogen) atoms. The summed E-state index contributed by atoms with van der Waals surface area (Å²) in [5.74, 6) is 0. The van der Waals surface area contributed by atoms with Gasteiger partial charge in [0.05, 0.1) is 0 Å². The van der Waals surface area contributed by atoms with Gasteiger partial charge in [-0.2, -0.15) is 4.67 Å². The predicted molar refractivity (Wildman–Crippen MR) is 34.6 cm³/mol. The van der Waals surface area contributed by atoms with Crippen molar-refractivity contribution in [2.24, 2.45) is 0 Å². The second-order valence-electron chi connectivity index (χ2n) is 1.76. The van der Waals surface area contributed by atoms with Crippen molar-refractivity contribution in [3.8, 4) is 0 Å². The van der Waals surface area contributed by atoms with Crippen LogP contribution in [0.2, 0.25) is 0 Å². The average Bonchev–Trinajstić information content (AvgIpc) is 1.89. The van der Waals surface area contributed by atoms with Crippen LogP contribution in [0, 0.1) is 0 Å². The lowest BCUT2D eigenvalue weighted by atomic mass is 10.5. The SMILES string of the molecule is CCCOCP(=O)(O)OO. The van der Waals surface area contributed by atoms with Gasteiger partial charge < -0.3 is 9.63 Å². The maximum Gasteiger partial charge on any atom is 0.380 e. The van der Waals surface area contributed by atoms with Crippen LogP contribution in [0.3, 0.4) is 0 Å². The van der Waals surface area contributed by atoms with Gasteiger partial charge in [-0.3, -0.25) is 4.57 Å². The predicted octanol–water partition coefficient (Wildman–Crippen LogP) is 1.05. The zero-order chi connectivity index (χ0) is 8.04. The molecule has 0 saturated carbocycles. The molecule has 0 aromatic rings. The lowest BCUT2D eigenvalue weighted by molar-refractivity contribution is -0.149. The van der Waals surface area contributed by atoms with Gasteiger partial charge in [0.2, 0.25) is 0 Å². The Bertz CT molecular complexity index is 125. The molecular formula is C4H11O5P. The number of hydrogen-bond donors (Lipinski definition) is 2. The molecule has 0 aliphatic heterocycles. The van der Waals surface area contributed by atoms with Gasteiger partial charge >= 0.3 is 7.60 Å². The zero-order valence-corrected chi connectivity index (χ0v) is 6.58. The first-order chi connectivity index (χ1) is 4.62.